The van der Waals surface area contributed by atoms with Crippen LogP contribution in [0, 0.1) is 0 Å². The minimum absolute atomic E-state index is 0.0926. The zero-order valence-corrected chi connectivity index (χ0v) is 11.5. The van der Waals surface area contributed by atoms with Crippen molar-refractivity contribution in [3.8, 4) is 0 Å². The molecule has 0 aliphatic carbocycles. The molecule has 1 aromatic carbocycles. The van der Waals surface area contributed by atoms with Gasteiger partial charge < -0.3 is 21.3 Å². The number of benzene rings is 1. The Hall–Kier alpha value is -2.24. The lowest BCUT2D eigenvalue weighted by atomic mass is 10.1. The second-order valence-corrected chi connectivity index (χ2v) is 4.45. The minimum Gasteiger partial charge on any atom is -0.397 e. The van der Waals surface area contributed by atoms with E-state index in [0.717, 1.165) is 5.69 Å². The minimum atomic E-state index is -0.534. The summed E-state index contributed by atoms with van der Waals surface area (Å²) in [4.78, 5) is 26.4. The molecule has 0 spiro atoms. The first-order valence-corrected chi connectivity index (χ1v) is 6.01. The Kier molecular flexibility index (Phi) is 4.74. The van der Waals surface area contributed by atoms with Gasteiger partial charge in [-0.2, -0.15) is 0 Å². The Morgan fingerprint density at radius 1 is 1.26 bits per heavy atom. The maximum Gasteiger partial charge on any atom is 0.254 e. The molecule has 2 amide bonds. The SMILES string of the molecule is CCN(CC(N)=O)C(=O)c1ccc(N(C)C)c(N)c1. The second-order valence-electron chi connectivity index (χ2n) is 4.45. The molecule has 6 heteroatoms. The van der Waals surface area contributed by atoms with E-state index >= 15 is 0 Å². The van der Waals surface area contributed by atoms with Gasteiger partial charge in [-0.1, -0.05) is 0 Å². The third-order valence-electron chi connectivity index (χ3n) is 2.77. The van der Waals surface area contributed by atoms with Gasteiger partial charge in [-0.25, -0.2) is 0 Å². The molecule has 104 valence electrons. The summed E-state index contributed by atoms with van der Waals surface area (Å²) in [6.07, 6.45) is 0. The number of anilines is 2. The van der Waals surface area contributed by atoms with Crippen LogP contribution >= 0.6 is 0 Å². The summed E-state index contributed by atoms with van der Waals surface area (Å²) in [5.41, 5.74) is 12.8. The lowest BCUT2D eigenvalue weighted by Crippen LogP contribution is -2.38. The maximum absolute atomic E-state index is 12.2. The van der Waals surface area contributed by atoms with Gasteiger partial charge in [0.25, 0.3) is 5.91 Å². The molecule has 6 nitrogen and oxygen atoms in total. The summed E-state index contributed by atoms with van der Waals surface area (Å²) in [6, 6.07) is 5.08. The molecular formula is C13H20N4O2. The number of likely N-dealkylation sites (N-methyl/N-ethyl adjacent to an activating group) is 1. The lowest BCUT2D eigenvalue weighted by molar-refractivity contribution is -0.118. The molecule has 19 heavy (non-hydrogen) atoms. The first-order chi connectivity index (χ1) is 8.86. The van der Waals surface area contributed by atoms with Crippen LogP contribution in [0.25, 0.3) is 0 Å². The van der Waals surface area contributed by atoms with Gasteiger partial charge in [-0.3, -0.25) is 9.59 Å². The van der Waals surface area contributed by atoms with E-state index in [9.17, 15) is 9.59 Å². The van der Waals surface area contributed by atoms with Crippen molar-refractivity contribution >= 4 is 23.2 Å². The van der Waals surface area contributed by atoms with Crippen molar-refractivity contribution in [1.82, 2.24) is 4.90 Å². The number of nitrogen functional groups attached to an aromatic ring is 1. The number of hydrogen-bond acceptors (Lipinski definition) is 4. The first-order valence-electron chi connectivity index (χ1n) is 6.01. The fourth-order valence-corrected chi connectivity index (χ4v) is 1.79. The summed E-state index contributed by atoms with van der Waals surface area (Å²) >= 11 is 0. The average Bonchev–Trinajstić information content (AvgIpc) is 2.34. The van der Waals surface area contributed by atoms with Crippen molar-refractivity contribution in [2.75, 3.05) is 37.8 Å². The molecule has 1 rings (SSSR count). The van der Waals surface area contributed by atoms with E-state index in [1.165, 1.54) is 4.90 Å². The molecule has 0 aromatic heterocycles. The number of hydrogen-bond donors (Lipinski definition) is 2. The molecule has 0 bridgehead atoms. The summed E-state index contributed by atoms with van der Waals surface area (Å²) in [6.45, 7) is 2.11. The number of carbonyl (C=O) groups excluding carboxylic acids is 2. The predicted molar refractivity (Wildman–Crippen MR) is 76.0 cm³/mol. The monoisotopic (exact) mass is 264 g/mol. The quantitative estimate of drug-likeness (QED) is 0.747. The van der Waals surface area contributed by atoms with Gasteiger partial charge in [0, 0.05) is 26.2 Å². The first kappa shape index (κ1) is 14.8. The number of primary amides is 1. The smallest absolute Gasteiger partial charge is 0.254 e. The molecule has 0 saturated heterocycles. The fourth-order valence-electron chi connectivity index (χ4n) is 1.79. The maximum atomic E-state index is 12.2. The molecule has 0 saturated carbocycles. The Balaban J connectivity index is 2.99. The van der Waals surface area contributed by atoms with Gasteiger partial charge in [0.05, 0.1) is 17.9 Å². The Bertz CT molecular complexity index is 486. The summed E-state index contributed by atoms with van der Waals surface area (Å²) in [7, 11) is 3.75. The van der Waals surface area contributed by atoms with Crippen molar-refractivity contribution in [3.05, 3.63) is 23.8 Å². The van der Waals surface area contributed by atoms with Crippen LogP contribution in [-0.2, 0) is 4.79 Å². The number of carbonyl (C=O) groups is 2. The zero-order chi connectivity index (χ0) is 14.6. The van der Waals surface area contributed by atoms with Crippen LogP contribution in [0.2, 0.25) is 0 Å². The Labute approximate surface area is 113 Å². The summed E-state index contributed by atoms with van der Waals surface area (Å²) in [5, 5.41) is 0. The topological polar surface area (TPSA) is 92.7 Å². The van der Waals surface area contributed by atoms with Crippen molar-refractivity contribution in [3.63, 3.8) is 0 Å². The van der Waals surface area contributed by atoms with E-state index in [2.05, 4.69) is 0 Å². The highest BCUT2D eigenvalue weighted by Gasteiger charge is 2.17. The molecule has 0 radical (unpaired) electrons. The van der Waals surface area contributed by atoms with Crippen molar-refractivity contribution in [2.24, 2.45) is 5.73 Å². The van der Waals surface area contributed by atoms with Crippen LogP contribution in [0.15, 0.2) is 18.2 Å². The normalized spacial score (nSPS) is 10.1. The highest BCUT2D eigenvalue weighted by atomic mass is 16.2. The molecule has 0 atom stereocenters. The average molecular weight is 264 g/mol. The zero-order valence-electron chi connectivity index (χ0n) is 11.5. The van der Waals surface area contributed by atoms with E-state index < -0.39 is 5.91 Å². The molecule has 0 fully saturated rings. The van der Waals surface area contributed by atoms with Crippen LogP contribution in [0.3, 0.4) is 0 Å². The highest BCUT2D eigenvalue weighted by molar-refractivity contribution is 5.98. The van der Waals surface area contributed by atoms with Crippen molar-refractivity contribution in [2.45, 2.75) is 6.92 Å². The van der Waals surface area contributed by atoms with Gasteiger partial charge in [0.15, 0.2) is 0 Å². The van der Waals surface area contributed by atoms with E-state index in [4.69, 9.17) is 11.5 Å². The molecule has 0 aliphatic rings. The van der Waals surface area contributed by atoms with Crippen molar-refractivity contribution < 1.29 is 9.59 Å². The number of rotatable bonds is 5. The van der Waals surface area contributed by atoms with Crippen LogP contribution in [0.5, 0.6) is 0 Å². The summed E-state index contributed by atoms with van der Waals surface area (Å²) < 4.78 is 0. The second kappa shape index (κ2) is 6.08. The highest BCUT2D eigenvalue weighted by Crippen LogP contribution is 2.22. The Morgan fingerprint density at radius 3 is 2.32 bits per heavy atom. The van der Waals surface area contributed by atoms with E-state index in [0.29, 0.717) is 17.8 Å². The Morgan fingerprint density at radius 2 is 1.89 bits per heavy atom. The van der Waals surface area contributed by atoms with Gasteiger partial charge in [-0.05, 0) is 25.1 Å². The number of nitrogens with two attached hydrogens (primary N) is 2. The van der Waals surface area contributed by atoms with Gasteiger partial charge in [0.1, 0.15) is 0 Å². The molecule has 0 aliphatic heterocycles. The van der Waals surface area contributed by atoms with E-state index in [1.807, 2.05) is 19.0 Å². The largest absolute Gasteiger partial charge is 0.397 e. The third-order valence-corrected chi connectivity index (χ3v) is 2.77. The number of nitrogens with zero attached hydrogens (tertiary/aromatic N) is 2. The lowest BCUT2D eigenvalue weighted by Gasteiger charge is -2.20. The molecule has 4 N–H and O–H groups in total. The van der Waals surface area contributed by atoms with E-state index in [-0.39, 0.29) is 12.5 Å². The molecular weight excluding hydrogens is 244 g/mol. The van der Waals surface area contributed by atoms with E-state index in [1.54, 1.807) is 25.1 Å². The van der Waals surface area contributed by atoms with Gasteiger partial charge in [0.2, 0.25) is 5.91 Å². The molecule has 0 unspecified atom stereocenters. The third kappa shape index (κ3) is 3.61. The summed E-state index contributed by atoms with van der Waals surface area (Å²) in [5.74, 6) is -0.786. The predicted octanol–water partition coefficient (Wildman–Crippen LogP) is 0.282. The standard InChI is InChI=1S/C13H20N4O2/c1-4-17(8-12(15)18)13(19)9-5-6-11(16(2)3)10(14)7-9/h5-7H,4,8,14H2,1-3H3,(H2,15,18). The number of amides is 2. The van der Waals surface area contributed by atoms with Crippen LogP contribution in [-0.4, -0.2) is 43.9 Å². The van der Waals surface area contributed by atoms with Gasteiger partial charge in [-0.15, -0.1) is 0 Å². The van der Waals surface area contributed by atoms with Crippen molar-refractivity contribution in [1.29, 1.82) is 0 Å². The van der Waals surface area contributed by atoms with Crippen LogP contribution < -0.4 is 16.4 Å². The molecule has 0 heterocycles. The van der Waals surface area contributed by atoms with Gasteiger partial charge >= 0.3 is 0 Å². The molecule has 1 aromatic rings. The fraction of sp³-hybridized carbons (Fsp3) is 0.385. The van der Waals surface area contributed by atoms with Crippen LogP contribution in [0.4, 0.5) is 11.4 Å². The van der Waals surface area contributed by atoms with Crippen LogP contribution in [0.1, 0.15) is 17.3 Å².